The number of nitrogens with two attached hydrogens (primary N) is 1. The van der Waals surface area contributed by atoms with E-state index >= 15 is 0 Å². The summed E-state index contributed by atoms with van der Waals surface area (Å²) in [6, 6.07) is -1.95. The lowest BCUT2D eigenvalue weighted by Gasteiger charge is -2.39. The molecule has 0 aromatic carbocycles. The van der Waals surface area contributed by atoms with Crippen LogP contribution in [0.4, 0.5) is 0 Å². The van der Waals surface area contributed by atoms with Crippen molar-refractivity contribution in [3.8, 4) is 0 Å². The summed E-state index contributed by atoms with van der Waals surface area (Å²) in [5.41, 5.74) is 5.79. The molecule has 0 aromatic heterocycles. The number of rotatable bonds is 22. The molecule has 53 heavy (non-hydrogen) atoms. The Balaban J connectivity index is 0.00000234. The zero-order valence-corrected chi connectivity index (χ0v) is 34.6. The minimum Gasteiger partial charge on any atom is -0.480 e. The first-order valence-corrected chi connectivity index (χ1v) is 18.8. The summed E-state index contributed by atoms with van der Waals surface area (Å²) in [6.45, 7) is 21.6. The molecule has 4 amide bonds. The number of carboxylic acid groups (broad SMARTS) is 1. The van der Waals surface area contributed by atoms with E-state index in [-0.39, 0.29) is 66.4 Å². The third-order valence-corrected chi connectivity index (χ3v) is 10.0. The van der Waals surface area contributed by atoms with Gasteiger partial charge in [-0.25, -0.2) is 4.79 Å². The lowest BCUT2D eigenvalue weighted by molar-refractivity contribution is -0.147. The molecule has 0 saturated carbocycles. The molecule has 1 heterocycles. The van der Waals surface area contributed by atoms with Crippen molar-refractivity contribution in [2.45, 2.75) is 123 Å². The van der Waals surface area contributed by atoms with Crippen LogP contribution in [0.25, 0.3) is 0 Å². The Labute approximate surface area is 319 Å². The Morgan fingerprint density at radius 3 is 1.98 bits per heavy atom. The Morgan fingerprint density at radius 1 is 0.981 bits per heavy atom. The van der Waals surface area contributed by atoms with Crippen LogP contribution in [-0.4, -0.2) is 128 Å². The third kappa shape index (κ3) is 15.8. The molecule has 8 atom stereocenters. The second-order valence-corrected chi connectivity index (χ2v) is 15.1. The number of allylic oxidation sites excluding steroid dienone is 3. The Morgan fingerprint density at radius 2 is 1.58 bits per heavy atom. The second kappa shape index (κ2) is 24.7. The molecule has 13 nitrogen and oxygen atoms in total. The van der Waals surface area contributed by atoms with Gasteiger partial charge in [0, 0.05) is 40.7 Å². The first-order chi connectivity index (χ1) is 24.7. The summed E-state index contributed by atoms with van der Waals surface area (Å²) in [5.74, 6) is -2.12. The van der Waals surface area contributed by atoms with E-state index in [4.69, 9.17) is 15.2 Å². The van der Waals surface area contributed by atoms with Crippen LogP contribution in [0, 0.1) is 23.7 Å². The van der Waals surface area contributed by atoms with Crippen LogP contribution in [0.2, 0.25) is 0 Å². The smallest absolute Gasteiger partial charge is 0.326 e. The fourth-order valence-corrected chi connectivity index (χ4v) is 7.11. The van der Waals surface area contributed by atoms with Crippen LogP contribution in [0.15, 0.2) is 37.0 Å². The first-order valence-electron chi connectivity index (χ1n) is 18.8. The molecule has 8 unspecified atom stereocenters. The van der Waals surface area contributed by atoms with Gasteiger partial charge in [0.2, 0.25) is 23.6 Å². The number of nitrogens with zero attached hydrogens (tertiary/aromatic N) is 3. The number of hydrogen-bond acceptors (Lipinski definition) is 8. The monoisotopic (exact) mass is 750 g/mol. The highest BCUT2D eigenvalue weighted by molar-refractivity contribution is 5.86. The quantitative estimate of drug-likeness (QED) is 0.137. The standard InChI is InChI=1S/C33H55N3O7.C7H16N2O/c1-11-15-24(13-3)19-25(33(40)41)34-32(39)23(7)31(43-10)26-16-14-17-36(26)29(38)20-27(42-9)30(22(6)12-2)35(8)28(37)18-21(4)5;1-5(2)6(7(8)10)9(3)4/h11,13,15,21-23,25-27,30-31H,1,3,12,14,16-20H2,2,4-10H3,(H,34,39)(H,40,41);5-6H,1-4H3,(H2,8,10)/b24-15+;. The van der Waals surface area contributed by atoms with E-state index in [1.807, 2.05) is 46.7 Å². The molecule has 1 rings (SSSR count). The number of aliphatic carboxylic acids is 1. The summed E-state index contributed by atoms with van der Waals surface area (Å²) >= 11 is 0. The SMILES string of the molecule is C=C/C=C(\C=C)CC(NC(=O)C(C)C(OC)C1CCCN1C(=O)CC(OC)C(C(C)CC)N(C)C(=O)CC(C)C)C(=O)O.CC(C)C(C(N)=O)N(C)C. The number of hydrogen-bond donors (Lipinski definition) is 3. The van der Waals surface area contributed by atoms with Crippen molar-refractivity contribution >= 4 is 29.6 Å². The van der Waals surface area contributed by atoms with Gasteiger partial charge in [-0.3, -0.25) is 24.1 Å². The van der Waals surface area contributed by atoms with E-state index in [9.17, 15) is 29.1 Å². The fourth-order valence-electron chi connectivity index (χ4n) is 7.11. The highest BCUT2D eigenvalue weighted by Crippen LogP contribution is 2.29. The van der Waals surface area contributed by atoms with E-state index in [2.05, 4.69) is 32.3 Å². The molecule has 0 bridgehead atoms. The summed E-state index contributed by atoms with van der Waals surface area (Å²) in [4.78, 5) is 68.1. The third-order valence-electron chi connectivity index (χ3n) is 10.0. The van der Waals surface area contributed by atoms with Gasteiger partial charge >= 0.3 is 5.97 Å². The van der Waals surface area contributed by atoms with Crippen molar-refractivity contribution in [2.75, 3.05) is 41.9 Å². The molecule has 1 aliphatic rings. The number of likely N-dealkylation sites (N-methyl/N-ethyl adjacent to an activating group) is 2. The summed E-state index contributed by atoms with van der Waals surface area (Å²) in [6.07, 6.45) is 6.32. The van der Waals surface area contributed by atoms with Crippen molar-refractivity contribution in [3.63, 3.8) is 0 Å². The van der Waals surface area contributed by atoms with Gasteiger partial charge in [0.05, 0.1) is 42.7 Å². The van der Waals surface area contributed by atoms with Crippen LogP contribution in [0.5, 0.6) is 0 Å². The van der Waals surface area contributed by atoms with Crippen LogP contribution in [0.1, 0.15) is 87.0 Å². The predicted molar refractivity (Wildman–Crippen MR) is 210 cm³/mol. The maximum absolute atomic E-state index is 13.8. The number of carboxylic acids is 1. The molecular formula is C40H71N5O8. The van der Waals surface area contributed by atoms with Crippen molar-refractivity contribution < 1.29 is 38.6 Å². The first kappa shape index (κ1) is 49.5. The van der Waals surface area contributed by atoms with Crippen molar-refractivity contribution in [2.24, 2.45) is 29.4 Å². The van der Waals surface area contributed by atoms with Crippen molar-refractivity contribution in [1.82, 2.24) is 20.0 Å². The number of ether oxygens (including phenoxy) is 2. The fraction of sp³-hybridized carbons (Fsp3) is 0.725. The molecule has 0 spiro atoms. The van der Waals surface area contributed by atoms with E-state index in [1.54, 1.807) is 37.0 Å². The number of nitrogens with one attached hydrogen (secondary N) is 1. The molecule has 1 fully saturated rings. The van der Waals surface area contributed by atoms with E-state index in [0.717, 1.165) is 12.8 Å². The minimum atomic E-state index is -1.16. The lowest BCUT2D eigenvalue weighted by atomic mass is 9.90. The van der Waals surface area contributed by atoms with E-state index < -0.39 is 36.0 Å². The number of primary amides is 1. The largest absolute Gasteiger partial charge is 0.480 e. The average molecular weight is 750 g/mol. The zero-order valence-electron chi connectivity index (χ0n) is 34.6. The van der Waals surface area contributed by atoms with Gasteiger partial charge in [-0.05, 0) is 50.3 Å². The Bertz CT molecular complexity index is 1230. The van der Waals surface area contributed by atoms with Crippen molar-refractivity contribution in [1.29, 1.82) is 0 Å². The lowest BCUT2D eigenvalue weighted by Crippen LogP contribution is -2.54. The Kier molecular flexibility index (Phi) is 23.0. The zero-order chi connectivity index (χ0) is 41.2. The highest BCUT2D eigenvalue weighted by atomic mass is 16.5. The predicted octanol–water partition coefficient (Wildman–Crippen LogP) is 4.27. The number of carbonyl (C=O) groups excluding carboxylic acids is 4. The Hall–Kier alpha value is -3.55. The molecule has 13 heteroatoms. The molecule has 0 aromatic rings. The molecule has 304 valence electrons. The minimum absolute atomic E-state index is 0.0213. The van der Waals surface area contributed by atoms with Crippen LogP contribution in [0.3, 0.4) is 0 Å². The molecule has 0 aliphatic carbocycles. The topological polar surface area (TPSA) is 172 Å². The maximum atomic E-state index is 13.8. The molecule has 1 saturated heterocycles. The van der Waals surface area contributed by atoms with Gasteiger partial charge in [-0.1, -0.05) is 86.3 Å². The van der Waals surface area contributed by atoms with Gasteiger partial charge in [-0.2, -0.15) is 0 Å². The van der Waals surface area contributed by atoms with Crippen molar-refractivity contribution in [3.05, 3.63) is 37.0 Å². The number of carbonyl (C=O) groups is 5. The normalized spacial score (nSPS) is 18.6. The van der Waals surface area contributed by atoms with Gasteiger partial charge in [0.25, 0.3) is 0 Å². The van der Waals surface area contributed by atoms with Crippen LogP contribution < -0.4 is 11.1 Å². The van der Waals surface area contributed by atoms with E-state index in [0.29, 0.717) is 25.0 Å². The highest BCUT2D eigenvalue weighted by Gasteiger charge is 2.42. The number of amides is 4. The maximum Gasteiger partial charge on any atom is 0.326 e. The van der Waals surface area contributed by atoms with Crippen LogP contribution in [-0.2, 0) is 33.4 Å². The van der Waals surface area contributed by atoms with Gasteiger partial charge in [0.15, 0.2) is 0 Å². The summed E-state index contributed by atoms with van der Waals surface area (Å²) in [5, 5.41) is 12.4. The molecule has 1 aliphatic heterocycles. The summed E-state index contributed by atoms with van der Waals surface area (Å²) in [7, 11) is 8.57. The van der Waals surface area contributed by atoms with Gasteiger partial charge in [-0.15, -0.1) is 0 Å². The van der Waals surface area contributed by atoms with E-state index in [1.165, 1.54) is 19.3 Å². The number of likely N-dealkylation sites (tertiary alicyclic amines) is 1. The summed E-state index contributed by atoms with van der Waals surface area (Å²) < 4.78 is 11.7. The average Bonchev–Trinajstić information content (AvgIpc) is 3.56. The molecule has 0 radical (unpaired) electrons. The number of methoxy groups -OCH3 is 2. The van der Waals surface area contributed by atoms with Gasteiger partial charge in [0.1, 0.15) is 6.04 Å². The molecular weight excluding hydrogens is 678 g/mol. The van der Waals surface area contributed by atoms with Crippen LogP contribution >= 0.6 is 0 Å². The molecule has 4 N–H and O–H groups in total. The van der Waals surface area contributed by atoms with Gasteiger partial charge < -0.3 is 35.4 Å². The second-order valence-electron chi connectivity index (χ2n) is 15.1.